The van der Waals surface area contributed by atoms with Gasteiger partial charge in [0.25, 0.3) is 0 Å². The van der Waals surface area contributed by atoms with Gasteiger partial charge in [0.15, 0.2) is 0 Å². The van der Waals surface area contributed by atoms with E-state index < -0.39 is 16.1 Å². The second-order valence-corrected chi connectivity index (χ2v) is 22.5. The van der Waals surface area contributed by atoms with Crippen LogP contribution in [0.5, 0.6) is 0 Å². The van der Waals surface area contributed by atoms with Crippen LogP contribution < -0.4 is 0 Å². The number of benzene rings is 4. The summed E-state index contributed by atoms with van der Waals surface area (Å²) in [5, 5.41) is 0. The van der Waals surface area contributed by atoms with Crippen LogP contribution >= 0.6 is 0 Å². The number of rotatable bonds is 4. The summed E-state index contributed by atoms with van der Waals surface area (Å²) in [6.07, 6.45) is 0. The third kappa shape index (κ3) is 3.23. The first-order valence-corrected chi connectivity index (χ1v) is 19.1. The Morgan fingerprint density at radius 2 is 0.939 bits per heavy atom. The molecule has 0 nitrogen and oxygen atoms in total. The Hall–Kier alpha value is -2.69. The summed E-state index contributed by atoms with van der Waals surface area (Å²) in [7, 11) is -3.42. The summed E-state index contributed by atoms with van der Waals surface area (Å²) in [4.78, 5) is 0. The van der Waals surface area contributed by atoms with Crippen molar-refractivity contribution in [2.45, 2.75) is 43.9 Å². The summed E-state index contributed by atoms with van der Waals surface area (Å²) < 4.78 is 0.145. The standard InChI is InChI=1S/C31H34Si2/c1-32(2,3)31(33(4,5)6)29-20-14-13-19-26(29)28-22-25(23-15-9-7-10-16-23)21-27(30(28)31)24-17-11-8-12-18-24/h7-22H,1-6H3. The monoisotopic (exact) mass is 462 g/mol. The van der Waals surface area contributed by atoms with Gasteiger partial charge in [-0.05, 0) is 56.6 Å². The van der Waals surface area contributed by atoms with Crippen molar-refractivity contribution < 1.29 is 0 Å². The second kappa shape index (κ2) is 7.68. The minimum Gasteiger partial charge on any atom is -0.0688 e. The summed E-state index contributed by atoms with van der Waals surface area (Å²) in [6, 6.07) is 36.2. The van der Waals surface area contributed by atoms with E-state index in [0.29, 0.717) is 0 Å². The molecule has 0 unspecified atom stereocenters. The van der Waals surface area contributed by atoms with E-state index in [1.54, 1.807) is 11.1 Å². The van der Waals surface area contributed by atoms with Crippen LogP contribution in [0, 0.1) is 0 Å². The summed E-state index contributed by atoms with van der Waals surface area (Å²) in [5.74, 6) is 0. The third-order valence-corrected chi connectivity index (χ3v) is 17.6. The highest BCUT2D eigenvalue weighted by molar-refractivity contribution is 6.99. The molecule has 33 heavy (non-hydrogen) atoms. The molecule has 0 bridgehead atoms. The van der Waals surface area contributed by atoms with Crippen LogP contribution in [0.25, 0.3) is 33.4 Å². The van der Waals surface area contributed by atoms with Gasteiger partial charge < -0.3 is 0 Å². The molecular weight excluding hydrogens is 429 g/mol. The highest BCUT2D eigenvalue weighted by Gasteiger charge is 2.59. The molecule has 0 amide bonds. The lowest BCUT2D eigenvalue weighted by molar-refractivity contribution is 0.954. The zero-order valence-corrected chi connectivity index (χ0v) is 22.7. The Morgan fingerprint density at radius 3 is 1.52 bits per heavy atom. The van der Waals surface area contributed by atoms with Gasteiger partial charge in [0.2, 0.25) is 0 Å². The molecule has 2 heteroatoms. The van der Waals surface area contributed by atoms with Crippen molar-refractivity contribution in [3.63, 3.8) is 0 Å². The van der Waals surface area contributed by atoms with E-state index in [-0.39, 0.29) is 4.66 Å². The van der Waals surface area contributed by atoms with Crippen LogP contribution in [0.15, 0.2) is 97.1 Å². The van der Waals surface area contributed by atoms with Gasteiger partial charge in [0.05, 0.1) is 16.1 Å². The topological polar surface area (TPSA) is 0 Å². The molecular formula is C31H34Si2. The van der Waals surface area contributed by atoms with Crippen LogP contribution in [0.3, 0.4) is 0 Å². The summed E-state index contributed by atoms with van der Waals surface area (Å²) in [6.45, 7) is 15.6. The highest BCUT2D eigenvalue weighted by Crippen LogP contribution is 2.60. The van der Waals surface area contributed by atoms with E-state index in [9.17, 15) is 0 Å². The predicted octanol–water partition coefficient (Wildman–Crippen LogP) is 9.04. The molecule has 0 saturated carbocycles. The third-order valence-electron chi connectivity index (χ3n) is 7.58. The van der Waals surface area contributed by atoms with Gasteiger partial charge in [-0.3, -0.25) is 0 Å². The molecule has 0 N–H and O–H groups in total. The van der Waals surface area contributed by atoms with Crippen molar-refractivity contribution in [2.24, 2.45) is 0 Å². The Kier molecular flexibility index (Phi) is 5.15. The van der Waals surface area contributed by atoms with Crippen LogP contribution in [0.4, 0.5) is 0 Å². The summed E-state index contributed by atoms with van der Waals surface area (Å²) in [5.41, 5.74) is 11.4. The molecule has 0 aromatic heterocycles. The molecule has 0 saturated heterocycles. The van der Waals surface area contributed by atoms with Crippen molar-refractivity contribution in [1.29, 1.82) is 0 Å². The zero-order chi connectivity index (χ0) is 23.4. The lowest BCUT2D eigenvalue weighted by Crippen LogP contribution is -2.63. The van der Waals surface area contributed by atoms with E-state index >= 15 is 0 Å². The van der Waals surface area contributed by atoms with E-state index in [0.717, 1.165) is 0 Å². The number of fused-ring (bicyclic) bond motifs is 3. The second-order valence-electron chi connectivity index (χ2n) is 11.5. The molecule has 1 aliphatic rings. The largest absolute Gasteiger partial charge is 0.0688 e. The Balaban J connectivity index is 1.99. The first-order chi connectivity index (χ1) is 15.7. The van der Waals surface area contributed by atoms with E-state index in [4.69, 9.17) is 0 Å². The van der Waals surface area contributed by atoms with Crippen molar-refractivity contribution in [3.05, 3.63) is 108 Å². The minimum absolute atomic E-state index is 0.145. The average molecular weight is 463 g/mol. The molecule has 5 rings (SSSR count). The molecule has 0 radical (unpaired) electrons. The summed E-state index contributed by atoms with van der Waals surface area (Å²) >= 11 is 0. The zero-order valence-electron chi connectivity index (χ0n) is 20.7. The van der Waals surface area contributed by atoms with Crippen LogP contribution in [-0.4, -0.2) is 16.1 Å². The van der Waals surface area contributed by atoms with Crippen LogP contribution in [0.1, 0.15) is 11.1 Å². The lowest BCUT2D eigenvalue weighted by atomic mass is 9.90. The minimum atomic E-state index is -1.71. The fraction of sp³-hybridized carbons (Fsp3) is 0.226. The molecule has 0 atom stereocenters. The van der Waals surface area contributed by atoms with Crippen LogP contribution in [0.2, 0.25) is 39.3 Å². The van der Waals surface area contributed by atoms with Gasteiger partial charge in [-0.25, -0.2) is 0 Å². The first-order valence-electron chi connectivity index (χ1n) is 12.1. The SMILES string of the molecule is C[Si](C)(C)C1([Si](C)(C)C)c2ccccc2-c2cc(-c3ccccc3)cc(-c3ccccc3)c21. The van der Waals surface area contributed by atoms with E-state index in [2.05, 4.69) is 136 Å². The van der Waals surface area contributed by atoms with Gasteiger partial charge >= 0.3 is 0 Å². The molecule has 166 valence electrons. The fourth-order valence-electron chi connectivity index (χ4n) is 6.76. The Morgan fingerprint density at radius 1 is 0.455 bits per heavy atom. The van der Waals surface area contributed by atoms with Gasteiger partial charge in [-0.1, -0.05) is 124 Å². The van der Waals surface area contributed by atoms with Gasteiger partial charge in [0, 0.05) is 4.66 Å². The highest BCUT2D eigenvalue weighted by atomic mass is 28.4. The molecule has 4 aromatic rings. The van der Waals surface area contributed by atoms with Crippen molar-refractivity contribution in [2.75, 3.05) is 0 Å². The van der Waals surface area contributed by atoms with Crippen molar-refractivity contribution in [3.8, 4) is 33.4 Å². The molecule has 0 aliphatic heterocycles. The number of hydrogen-bond acceptors (Lipinski definition) is 0. The molecule has 1 aliphatic carbocycles. The fourth-order valence-corrected chi connectivity index (χ4v) is 19.9. The quantitative estimate of drug-likeness (QED) is 0.265. The average Bonchev–Trinajstić information content (AvgIpc) is 3.11. The van der Waals surface area contributed by atoms with Crippen molar-refractivity contribution in [1.82, 2.24) is 0 Å². The number of hydrogen-bond donors (Lipinski definition) is 0. The molecule has 0 spiro atoms. The van der Waals surface area contributed by atoms with Crippen molar-refractivity contribution >= 4 is 16.1 Å². The molecule has 0 fully saturated rings. The Bertz CT molecular complexity index is 1290. The molecule has 0 heterocycles. The van der Waals surface area contributed by atoms with E-state index in [1.165, 1.54) is 33.4 Å². The smallest absolute Gasteiger partial charge is 0.0579 e. The predicted molar refractivity (Wildman–Crippen MR) is 150 cm³/mol. The Labute approximate surface area is 201 Å². The lowest BCUT2D eigenvalue weighted by Gasteiger charge is -2.52. The maximum atomic E-state index is 2.59. The van der Waals surface area contributed by atoms with Crippen LogP contribution in [-0.2, 0) is 4.66 Å². The van der Waals surface area contributed by atoms with Gasteiger partial charge in [0.1, 0.15) is 0 Å². The van der Waals surface area contributed by atoms with E-state index in [1.807, 2.05) is 0 Å². The van der Waals surface area contributed by atoms with Gasteiger partial charge in [-0.2, -0.15) is 0 Å². The van der Waals surface area contributed by atoms with Gasteiger partial charge in [-0.15, -0.1) is 0 Å². The maximum absolute atomic E-state index is 2.59. The molecule has 4 aromatic carbocycles. The first kappa shape index (κ1) is 22.1. The normalized spacial score (nSPS) is 14.6. The maximum Gasteiger partial charge on any atom is 0.0579 e.